The number of ketones is 1. The molecule has 0 aromatic heterocycles. The summed E-state index contributed by atoms with van der Waals surface area (Å²) in [6, 6.07) is 11.7. The Bertz CT molecular complexity index is 503. The van der Waals surface area contributed by atoms with E-state index >= 15 is 0 Å². The molecule has 2 aromatic carbocycles. The number of Topliss-reactive ketones (excluding diaryl/α,β-unsaturated/α-hetero) is 1. The number of carbonyl (C=O) groups is 1. The van der Waals surface area contributed by atoms with Crippen LogP contribution in [0.5, 0.6) is 0 Å². The fourth-order valence-electron chi connectivity index (χ4n) is 1.45. The molecule has 2 heteroatoms. The van der Waals surface area contributed by atoms with Crippen LogP contribution in [-0.4, -0.2) is 5.78 Å². The number of benzene rings is 2. The molecule has 0 aliphatic carbocycles. The summed E-state index contributed by atoms with van der Waals surface area (Å²) in [4.78, 5) is 11.2. The molecule has 0 aliphatic rings. The Balaban J connectivity index is 2.76. The fraction of sp³-hybridized carbons (Fsp3) is 0.0833. The van der Waals surface area contributed by atoms with Gasteiger partial charge >= 0.3 is 0 Å². The Labute approximate surface area is 90.9 Å². The van der Waals surface area contributed by atoms with Crippen molar-refractivity contribution in [1.82, 2.24) is 0 Å². The van der Waals surface area contributed by atoms with Crippen LogP contribution in [0, 0.1) is 0 Å². The molecule has 0 aliphatic heterocycles. The Morgan fingerprint density at radius 1 is 1.21 bits per heavy atom. The lowest BCUT2D eigenvalue weighted by atomic mass is 10.1. The van der Waals surface area contributed by atoms with Crippen LogP contribution in [0.15, 0.2) is 40.9 Å². The van der Waals surface area contributed by atoms with Gasteiger partial charge in [-0.3, -0.25) is 4.79 Å². The minimum absolute atomic E-state index is 0.0997. The molecule has 0 fully saturated rings. The van der Waals surface area contributed by atoms with Gasteiger partial charge < -0.3 is 0 Å². The van der Waals surface area contributed by atoms with Crippen LogP contribution in [0.2, 0.25) is 0 Å². The van der Waals surface area contributed by atoms with Crippen LogP contribution >= 0.6 is 15.9 Å². The molecule has 1 nitrogen and oxygen atoms in total. The van der Waals surface area contributed by atoms with E-state index in [4.69, 9.17) is 0 Å². The molecule has 0 spiro atoms. The van der Waals surface area contributed by atoms with Crippen molar-refractivity contribution in [3.05, 3.63) is 46.4 Å². The van der Waals surface area contributed by atoms with Crippen LogP contribution < -0.4 is 0 Å². The van der Waals surface area contributed by atoms with Crippen LogP contribution in [-0.2, 0) is 0 Å². The molecule has 0 atom stereocenters. The first-order valence-corrected chi connectivity index (χ1v) is 5.17. The topological polar surface area (TPSA) is 17.1 Å². The number of fused-ring (bicyclic) bond motifs is 1. The first-order chi connectivity index (χ1) is 6.68. The Kier molecular flexibility index (Phi) is 2.38. The van der Waals surface area contributed by atoms with Gasteiger partial charge in [0.15, 0.2) is 5.78 Å². The lowest BCUT2D eigenvalue weighted by molar-refractivity contribution is 0.101. The van der Waals surface area contributed by atoms with E-state index in [0.717, 1.165) is 20.8 Å². The molecular formula is C12H9BrO. The molecule has 0 heterocycles. The quantitative estimate of drug-likeness (QED) is 0.702. The van der Waals surface area contributed by atoms with Crippen molar-refractivity contribution in [3.8, 4) is 0 Å². The monoisotopic (exact) mass is 248 g/mol. The van der Waals surface area contributed by atoms with E-state index in [1.165, 1.54) is 0 Å². The van der Waals surface area contributed by atoms with Gasteiger partial charge in [-0.1, -0.05) is 40.2 Å². The third kappa shape index (κ3) is 1.58. The summed E-state index contributed by atoms with van der Waals surface area (Å²) in [5.74, 6) is 0.0997. The van der Waals surface area contributed by atoms with E-state index in [0.29, 0.717) is 0 Å². The zero-order valence-corrected chi connectivity index (χ0v) is 9.34. The van der Waals surface area contributed by atoms with Crippen molar-refractivity contribution in [2.75, 3.05) is 0 Å². The maximum absolute atomic E-state index is 11.2. The summed E-state index contributed by atoms with van der Waals surface area (Å²) in [7, 11) is 0. The van der Waals surface area contributed by atoms with Crippen LogP contribution in [0.4, 0.5) is 0 Å². The third-order valence-electron chi connectivity index (χ3n) is 2.24. The summed E-state index contributed by atoms with van der Waals surface area (Å²) in [6.07, 6.45) is 0. The molecule has 14 heavy (non-hydrogen) atoms. The molecule has 0 saturated heterocycles. The van der Waals surface area contributed by atoms with E-state index in [1.807, 2.05) is 36.4 Å². The second-order valence-electron chi connectivity index (χ2n) is 3.23. The van der Waals surface area contributed by atoms with Crippen molar-refractivity contribution in [2.45, 2.75) is 6.92 Å². The lowest BCUT2D eigenvalue weighted by Crippen LogP contribution is -1.91. The number of halogens is 1. The highest BCUT2D eigenvalue weighted by atomic mass is 79.9. The summed E-state index contributed by atoms with van der Waals surface area (Å²) in [6.45, 7) is 1.58. The van der Waals surface area contributed by atoms with Gasteiger partial charge in [-0.05, 0) is 29.8 Å². The molecule has 0 N–H and O–H groups in total. The predicted molar refractivity (Wildman–Crippen MR) is 61.7 cm³/mol. The predicted octanol–water partition coefficient (Wildman–Crippen LogP) is 3.80. The van der Waals surface area contributed by atoms with Gasteiger partial charge in [0.2, 0.25) is 0 Å². The second kappa shape index (κ2) is 3.54. The average molecular weight is 249 g/mol. The summed E-state index contributed by atoms with van der Waals surface area (Å²) in [5.41, 5.74) is 0.754. The molecule has 0 amide bonds. The van der Waals surface area contributed by atoms with Gasteiger partial charge in [0, 0.05) is 10.0 Å². The molecular weight excluding hydrogens is 240 g/mol. The van der Waals surface area contributed by atoms with Crippen molar-refractivity contribution in [1.29, 1.82) is 0 Å². The fourth-order valence-corrected chi connectivity index (χ4v) is 1.95. The third-order valence-corrected chi connectivity index (χ3v) is 2.93. The Morgan fingerprint density at radius 2 is 2.00 bits per heavy atom. The zero-order chi connectivity index (χ0) is 10.1. The van der Waals surface area contributed by atoms with Gasteiger partial charge in [-0.15, -0.1) is 0 Å². The number of carbonyl (C=O) groups excluding carboxylic acids is 1. The van der Waals surface area contributed by atoms with Gasteiger partial charge in [0.1, 0.15) is 0 Å². The lowest BCUT2D eigenvalue weighted by Gasteiger charge is -2.02. The molecule has 0 saturated carbocycles. The normalized spacial score (nSPS) is 10.4. The Morgan fingerprint density at radius 3 is 2.71 bits per heavy atom. The van der Waals surface area contributed by atoms with E-state index in [2.05, 4.69) is 15.9 Å². The molecule has 70 valence electrons. The minimum atomic E-state index is 0.0997. The molecule has 0 bridgehead atoms. The van der Waals surface area contributed by atoms with Gasteiger partial charge in [0.05, 0.1) is 0 Å². The minimum Gasteiger partial charge on any atom is -0.295 e. The van der Waals surface area contributed by atoms with Crippen molar-refractivity contribution in [3.63, 3.8) is 0 Å². The second-order valence-corrected chi connectivity index (χ2v) is 4.09. The van der Waals surface area contributed by atoms with E-state index < -0.39 is 0 Å². The standard InChI is InChI=1S/C12H9BrO/c1-8(14)10-6-5-9-3-2-4-12(13)11(9)7-10/h2-7H,1H3. The maximum Gasteiger partial charge on any atom is 0.159 e. The van der Waals surface area contributed by atoms with E-state index in [-0.39, 0.29) is 5.78 Å². The van der Waals surface area contributed by atoms with Crippen molar-refractivity contribution in [2.24, 2.45) is 0 Å². The molecule has 2 aromatic rings. The van der Waals surface area contributed by atoms with Crippen LogP contribution in [0.3, 0.4) is 0 Å². The maximum atomic E-state index is 11.2. The van der Waals surface area contributed by atoms with Gasteiger partial charge in [-0.2, -0.15) is 0 Å². The van der Waals surface area contributed by atoms with Gasteiger partial charge in [-0.25, -0.2) is 0 Å². The highest BCUT2D eigenvalue weighted by Crippen LogP contribution is 2.24. The largest absolute Gasteiger partial charge is 0.295 e. The number of rotatable bonds is 1. The molecule has 0 unspecified atom stereocenters. The highest BCUT2D eigenvalue weighted by molar-refractivity contribution is 9.10. The SMILES string of the molecule is CC(=O)c1ccc2cccc(Br)c2c1. The van der Waals surface area contributed by atoms with Crippen molar-refractivity contribution < 1.29 is 4.79 Å². The first kappa shape index (κ1) is 9.41. The first-order valence-electron chi connectivity index (χ1n) is 4.38. The zero-order valence-electron chi connectivity index (χ0n) is 7.75. The highest BCUT2D eigenvalue weighted by Gasteiger charge is 2.02. The summed E-state index contributed by atoms with van der Waals surface area (Å²) >= 11 is 3.47. The Hall–Kier alpha value is -1.15. The van der Waals surface area contributed by atoms with Gasteiger partial charge in [0.25, 0.3) is 0 Å². The summed E-state index contributed by atoms with van der Waals surface area (Å²) in [5, 5.41) is 2.23. The molecule has 2 rings (SSSR count). The summed E-state index contributed by atoms with van der Waals surface area (Å²) < 4.78 is 1.03. The van der Waals surface area contributed by atoms with Crippen LogP contribution in [0.25, 0.3) is 10.8 Å². The van der Waals surface area contributed by atoms with Crippen LogP contribution in [0.1, 0.15) is 17.3 Å². The molecule has 0 radical (unpaired) electrons. The smallest absolute Gasteiger partial charge is 0.159 e. The average Bonchev–Trinajstić information content (AvgIpc) is 2.18. The number of hydrogen-bond donors (Lipinski definition) is 0. The van der Waals surface area contributed by atoms with E-state index in [9.17, 15) is 4.79 Å². The van der Waals surface area contributed by atoms with Crippen molar-refractivity contribution >= 4 is 32.5 Å². The number of hydrogen-bond acceptors (Lipinski definition) is 1. The van der Waals surface area contributed by atoms with E-state index in [1.54, 1.807) is 6.92 Å².